The lowest BCUT2D eigenvalue weighted by molar-refractivity contribution is -0.138. The Morgan fingerprint density at radius 1 is 1.28 bits per heavy atom. The summed E-state index contributed by atoms with van der Waals surface area (Å²) in [5.74, 6) is -1.56. The van der Waals surface area contributed by atoms with Crippen LogP contribution in [0.2, 0.25) is 0 Å². The molecular weight excluding hydrogens is 497 g/mol. The number of benzene rings is 1. The van der Waals surface area contributed by atoms with Gasteiger partial charge in [0.15, 0.2) is 0 Å². The Labute approximate surface area is 188 Å². The zero-order valence-electron chi connectivity index (χ0n) is 16.4. The molecule has 2 heterocycles. The highest BCUT2D eigenvalue weighted by Gasteiger charge is 2.39. The number of methoxy groups -OCH3 is 1. The summed E-state index contributed by atoms with van der Waals surface area (Å²) in [6, 6.07) is 5.14. The largest absolute Gasteiger partial charge is 0.466 e. The van der Waals surface area contributed by atoms with Crippen LogP contribution in [0.25, 0.3) is 0 Å². The van der Waals surface area contributed by atoms with Crippen LogP contribution >= 0.6 is 15.9 Å². The van der Waals surface area contributed by atoms with Crippen molar-refractivity contribution < 1.29 is 32.3 Å². The Morgan fingerprint density at radius 2 is 2.00 bits per heavy atom. The van der Waals surface area contributed by atoms with Gasteiger partial charge in [-0.05, 0) is 29.8 Å². The van der Waals surface area contributed by atoms with Crippen molar-refractivity contribution in [1.29, 1.82) is 0 Å². The van der Waals surface area contributed by atoms with Crippen LogP contribution in [0, 0.1) is 0 Å². The number of carbonyl (C=O) groups is 3. The number of aromatic nitrogens is 1. The van der Waals surface area contributed by atoms with Gasteiger partial charge in [0.2, 0.25) is 0 Å². The highest BCUT2D eigenvalue weighted by Crippen LogP contribution is 2.37. The van der Waals surface area contributed by atoms with Gasteiger partial charge in [-0.3, -0.25) is 14.7 Å². The number of nitrogens with two attached hydrogens (primary N) is 1. The van der Waals surface area contributed by atoms with Gasteiger partial charge in [0, 0.05) is 11.5 Å². The number of nitrogens with one attached hydrogen (secondary N) is 1. The summed E-state index contributed by atoms with van der Waals surface area (Å²) in [7, 11) is 1.14. The summed E-state index contributed by atoms with van der Waals surface area (Å²) >= 11 is 3.22. The van der Waals surface area contributed by atoms with Gasteiger partial charge in [0.05, 0.1) is 35.7 Å². The molecule has 1 aliphatic rings. The zero-order valence-corrected chi connectivity index (χ0v) is 18.0. The number of amides is 3. The van der Waals surface area contributed by atoms with Crippen LogP contribution in [0.5, 0.6) is 0 Å². The van der Waals surface area contributed by atoms with Gasteiger partial charge < -0.3 is 15.8 Å². The predicted molar refractivity (Wildman–Crippen MR) is 111 cm³/mol. The maximum absolute atomic E-state index is 13.2. The van der Waals surface area contributed by atoms with Crippen LogP contribution in [0.1, 0.15) is 27.7 Å². The molecular formula is C20H16BrF3N4O4. The van der Waals surface area contributed by atoms with E-state index >= 15 is 0 Å². The molecule has 0 spiro atoms. The standard InChI is InChI=1S/C20H16BrF3N4O4/c1-32-18(30)15-14(8-21)28(12-4-2-3-11(7-12)20(22,23)24)19(31)27-16(15)10-5-6-13(17(25)29)26-9-10/h2-7,9,16H,8H2,1H3,(H2,25,29)(H,27,31)/t16-/m1/s1. The highest BCUT2D eigenvalue weighted by atomic mass is 79.9. The van der Waals surface area contributed by atoms with E-state index < -0.39 is 35.7 Å². The van der Waals surface area contributed by atoms with E-state index in [9.17, 15) is 27.6 Å². The van der Waals surface area contributed by atoms with Gasteiger partial charge in [0.25, 0.3) is 5.91 Å². The molecule has 0 radical (unpaired) electrons. The number of allylic oxidation sites excluding steroid dienone is 1. The van der Waals surface area contributed by atoms with E-state index in [1.54, 1.807) is 0 Å². The van der Waals surface area contributed by atoms with Crippen LogP contribution in [0.4, 0.5) is 23.7 Å². The first-order chi connectivity index (χ1) is 15.1. The number of carbonyl (C=O) groups excluding carboxylic acids is 3. The maximum Gasteiger partial charge on any atom is 0.416 e. The average molecular weight is 513 g/mol. The number of hydrogen-bond donors (Lipinski definition) is 2. The second-order valence-electron chi connectivity index (χ2n) is 6.59. The number of rotatable bonds is 5. The first-order valence-corrected chi connectivity index (χ1v) is 10.1. The maximum atomic E-state index is 13.2. The summed E-state index contributed by atoms with van der Waals surface area (Å²) in [5.41, 5.74) is 4.52. The fourth-order valence-electron chi connectivity index (χ4n) is 3.21. The molecule has 3 rings (SSSR count). The van der Waals surface area contributed by atoms with Crippen molar-refractivity contribution in [3.05, 3.63) is 70.7 Å². The van der Waals surface area contributed by atoms with E-state index in [0.29, 0.717) is 5.56 Å². The van der Waals surface area contributed by atoms with Crippen LogP contribution in [0.15, 0.2) is 53.9 Å². The van der Waals surface area contributed by atoms with Gasteiger partial charge in [0.1, 0.15) is 5.69 Å². The third-order valence-corrected chi connectivity index (χ3v) is 5.21. The Hall–Kier alpha value is -3.41. The molecule has 12 heteroatoms. The van der Waals surface area contributed by atoms with Crippen molar-refractivity contribution >= 4 is 39.5 Å². The highest BCUT2D eigenvalue weighted by molar-refractivity contribution is 9.09. The number of halogens is 4. The van der Waals surface area contributed by atoms with Crippen molar-refractivity contribution in [3.63, 3.8) is 0 Å². The van der Waals surface area contributed by atoms with Gasteiger partial charge in [-0.2, -0.15) is 13.2 Å². The number of esters is 1. The van der Waals surface area contributed by atoms with Gasteiger partial charge in [-0.1, -0.05) is 28.1 Å². The normalized spacial score (nSPS) is 16.6. The molecule has 8 nitrogen and oxygen atoms in total. The smallest absolute Gasteiger partial charge is 0.416 e. The Bertz CT molecular complexity index is 1100. The molecule has 0 saturated heterocycles. The predicted octanol–water partition coefficient (Wildman–Crippen LogP) is 3.29. The SMILES string of the molecule is COC(=O)C1=C(CBr)N(c2cccc(C(F)(F)F)c2)C(=O)N[C@@H]1c1ccc(C(N)=O)nc1. The van der Waals surface area contributed by atoms with Crippen molar-refractivity contribution in [3.8, 4) is 0 Å². The molecule has 0 aliphatic carbocycles. The van der Waals surface area contributed by atoms with E-state index in [-0.39, 0.29) is 28.0 Å². The van der Waals surface area contributed by atoms with E-state index in [0.717, 1.165) is 30.2 Å². The number of pyridine rings is 1. The second kappa shape index (κ2) is 8.99. The molecule has 168 valence electrons. The monoisotopic (exact) mass is 512 g/mol. The first kappa shape index (κ1) is 23.3. The molecule has 0 bridgehead atoms. The van der Waals surface area contributed by atoms with Gasteiger partial charge in [-0.25, -0.2) is 9.59 Å². The minimum atomic E-state index is -4.62. The Balaban J connectivity index is 2.16. The molecule has 1 aromatic heterocycles. The molecule has 2 aromatic rings. The number of primary amides is 1. The third kappa shape index (κ3) is 4.44. The number of anilines is 1. The summed E-state index contributed by atoms with van der Waals surface area (Å²) in [6.45, 7) is 0. The lowest BCUT2D eigenvalue weighted by atomic mass is 9.95. The summed E-state index contributed by atoms with van der Waals surface area (Å²) in [4.78, 5) is 41.8. The minimum absolute atomic E-state index is 0.0185. The number of hydrogen-bond acceptors (Lipinski definition) is 5. The lowest BCUT2D eigenvalue weighted by Crippen LogP contribution is -2.49. The van der Waals surface area contributed by atoms with Crippen LogP contribution < -0.4 is 16.0 Å². The molecule has 1 aromatic carbocycles. The molecule has 0 unspecified atom stereocenters. The fourth-order valence-corrected chi connectivity index (χ4v) is 3.77. The van der Waals surface area contributed by atoms with Crippen molar-refractivity contribution in [1.82, 2.24) is 10.3 Å². The summed E-state index contributed by atoms with van der Waals surface area (Å²) in [5, 5.41) is 2.54. The topological polar surface area (TPSA) is 115 Å². The molecule has 1 aliphatic heterocycles. The molecule has 1 atom stereocenters. The fraction of sp³-hybridized carbons (Fsp3) is 0.200. The lowest BCUT2D eigenvalue weighted by Gasteiger charge is -2.36. The number of ether oxygens (including phenoxy) is 1. The number of nitrogens with zero attached hydrogens (tertiary/aromatic N) is 2. The molecule has 0 fully saturated rings. The summed E-state index contributed by atoms with van der Waals surface area (Å²) in [6.07, 6.45) is -3.36. The molecule has 32 heavy (non-hydrogen) atoms. The quantitative estimate of drug-likeness (QED) is 0.471. The van der Waals surface area contributed by atoms with Gasteiger partial charge in [-0.15, -0.1) is 0 Å². The van der Waals surface area contributed by atoms with Crippen molar-refractivity contribution in [2.75, 3.05) is 17.3 Å². The van der Waals surface area contributed by atoms with Gasteiger partial charge >= 0.3 is 18.2 Å². The van der Waals surface area contributed by atoms with Crippen LogP contribution in [-0.4, -0.2) is 35.3 Å². The van der Waals surface area contributed by atoms with Crippen molar-refractivity contribution in [2.24, 2.45) is 5.73 Å². The number of alkyl halides is 4. The first-order valence-electron chi connectivity index (χ1n) is 8.99. The van der Waals surface area contributed by atoms with Crippen molar-refractivity contribution in [2.45, 2.75) is 12.2 Å². The van der Waals surface area contributed by atoms with E-state index in [4.69, 9.17) is 10.5 Å². The minimum Gasteiger partial charge on any atom is -0.466 e. The Kier molecular flexibility index (Phi) is 6.53. The van der Waals surface area contributed by atoms with Crippen LogP contribution in [0.3, 0.4) is 0 Å². The van der Waals surface area contributed by atoms with E-state index in [1.807, 2.05) is 0 Å². The second-order valence-corrected chi connectivity index (χ2v) is 7.15. The number of urea groups is 1. The average Bonchev–Trinajstić information content (AvgIpc) is 2.77. The van der Waals surface area contributed by atoms with Crippen LogP contribution in [-0.2, 0) is 15.7 Å². The molecule has 3 amide bonds. The van der Waals surface area contributed by atoms with E-state index in [1.165, 1.54) is 24.4 Å². The molecule has 0 saturated carbocycles. The zero-order chi connectivity index (χ0) is 23.6. The molecule has 3 N–H and O–H groups in total. The summed E-state index contributed by atoms with van der Waals surface area (Å²) < 4.78 is 44.4. The third-order valence-electron chi connectivity index (χ3n) is 4.68. The van der Waals surface area contributed by atoms with E-state index in [2.05, 4.69) is 26.2 Å². The Morgan fingerprint density at radius 3 is 2.53 bits per heavy atom.